The van der Waals surface area contributed by atoms with Gasteiger partial charge >= 0.3 is 0 Å². The molecule has 5 nitrogen and oxygen atoms in total. The van der Waals surface area contributed by atoms with E-state index in [4.69, 9.17) is 9.47 Å². The summed E-state index contributed by atoms with van der Waals surface area (Å²) in [4.78, 5) is 16.0. The quantitative estimate of drug-likeness (QED) is 0.740. The zero-order chi connectivity index (χ0) is 18.7. The average molecular weight is 368 g/mol. The Balaban J connectivity index is 1.49. The van der Waals surface area contributed by atoms with Gasteiger partial charge in [0, 0.05) is 45.1 Å². The molecule has 2 aliphatic rings. The number of alkyl halides is 2. The van der Waals surface area contributed by atoms with E-state index in [0.29, 0.717) is 32.5 Å². The minimum atomic E-state index is -2.67. The third-order valence-electron chi connectivity index (χ3n) is 5.26. The first kappa shape index (κ1) is 19.0. The van der Waals surface area contributed by atoms with Crippen LogP contribution in [0.2, 0.25) is 0 Å². The third-order valence-corrected chi connectivity index (χ3v) is 5.26. The van der Waals surface area contributed by atoms with Gasteiger partial charge in [-0.1, -0.05) is 18.2 Å². The van der Waals surface area contributed by atoms with Crippen molar-refractivity contribution in [3.8, 4) is 5.75 Å². The predicted molar refractivity (Wildman–Crippen MR) is 93.6 cm³/mol. The standard InChI is InChI=1S/C19H26F2N2O3/c1-25-12-15-9-19(20,21)13-23(15)16-10-22(11-16)18(24)8-7-14-5-3-4-6-17(14)26-2/h3-6,15-16H,7-13H2,1-2H3/t15-/m0/s1. The summed E-state index contributed by atoms with van der Waals surface area (Å²) in [5, 5.41) is 0. The van der Waals surface area contributed by atoms with Crippen molar-refractivity contribution in [2.24, 2.45) is 0 Å². The number of hydrogen-bond donors (Lipinski definition) is 0. The molecule has 7 heteroatoms. The molecule has 0 radical (unpaired) electrons. The molecule has 0 unspecified atom stereocenters. The van der Waals surface area contributed by atoms with Crippen LogP contribution in [-0.4, -0.2) is 74.2 Å². The van der Waals surface area contributed by atoms with E-state index >= 15 is 0 Å². The van der Waals surface area contributed by atoms with Gasteiger partial charge in [-0.25, -0.2) is 8.78 Å². The van der Waals surface area contributed by atoms with Gasteiger partial charge in [-0.15, -0.1) is 0 Å². The molecule has 2 fully saturated rings. The summed E-state index contributed by atoms with van der Waals surface area (Å²) in [5.41, 5.74) is 1.000. The molecule has 144 valence electrons. The van der Waals surface area contributed by atoms with Crippen LogP contribution in [-0.2, 0) is 16.0 Å². The molecule has 1 aromatic rings. The van der Waals surface area contributed by atoms with E-state index in [1.165, 1.54) is 7.11 Å². The summed E-state index contributed by atoms with van der Waals surface area (Å²) in [6, 6.07) is 7.37. The van der Waals surface area contributed by atoms with Crippen LogP contribution in [0.15, 0.2) is 24.3 Å². The number of carbonyl (C=O) groups excluding carboxylic acids is 1. The Morgan fingerprint density at radius 1 is 1.27 bits per heavy atom. The number of nitrogens with zero attached hydrogens (tertiary/aromatic N) is 2. The second-order valence-corrected chi connectivity index (χ2v) is 7.11. The van der Waals surface area contributed by atoms with Gasteiger partial charge in [0.25, 0.3) is 5.92 Å². The van der Waals surface area contributed by atoms with Crippen molar-refractivity contribution in [2.75, 3.05) is 40.5 Å². The zero-order valence-electron chi connectivity index (χ0n) is 15.3. The first-order chi connectivity index (χ1) is 12.4. The Morgan fingerprint density at radius 2 is 2.00 bits per heavy atom. The van der Waals surface area contributed by atoms with Gasteiger partial charge in [-0.2, -0.15) is 0 Å². The van der Waals surface area contributed by atoms with Crippen LogP contribution in [0.4, 0.5) is 8.78 Å². The molecular weight excluding hydrogens is 342 g/mol. The lowest BCUT2D eigenvalue weighted by molar-refractivity contribution is -0.139. The van der Waals surface area contributed by atoms with Crippen molar-refractivity contribution in [1.29, 1.82) is 0 Å². The van der Waals surface area contributed by atoms with Gasteiger partial charge in [0.05, 0.1) is 20.3 Å². The minimum absolute atomic E-state index is 0.00117. The van der Waals surface area contributed by atoms with Crippen molar-refractivity contribution >= 4 is 5.91 Å². The van der Waals surface area contributed by atoms with Gasteiger partial charge < -0.3 is 14.4 Å². The molecule has 3 rings (SSSR count). The normalized spacial score (nSPS) is 23.1. The maximum absolute atomic E-state index is 13.7. The van der Waals surface area contributed by atoms with Gasteiger partial charge in [0.15, 0.2) is 0 Å². The molecule has 1 aromatic carbocycles. The molecule has 1 atom stereocenters. The number of halogens is 2. The highest BCUT2D eigenvalue weighted by molar-refractivity contribution is 5.77. The second-order valence-electron chi connectivity index (χ2n) is 7.11. The lowest BCUT2D eigenvalue weighted by Gasteiger charge is -2.46. The number of amides is 1. The predicted octanol–water partition coefficient (Wildman–Crippen LogP) is 2.19. The van der Waals surface area contributed by atoms with Crippen molar-refractivity contribution in [3.63, 3.8) is 0 Å². The lowest BCUT2D eigenvalue weighted by Crippen LogP contribution is -2.62. The summed E-state index contributed by atoms with van der Waals surface area (Å²) in [6.07, 6.45) is 0.835. The molecule has 0 aliphatic carbocycles. The van der Waals surface area contributed by atoms with Crippen molar-refractivity contribution in [1.82, 2.24) is 9.80 Å². The highest BCUT2D eigenvalue weighted by atomic mass is 19.3. The molecule has 26 heavy (non-hydrogen) atoms. The Bertz CT molecular complexity index is 635. The van der Waals surface area contributed by atoms with Crippen molar-refractivity contribution in [2.45, 2.75) is 37.3 Å². The van der Waals surface area contributed by atoms with Crippen molar-refractivity contribution in [3.05, 3.63) is 29.8 Å². The Kier molecular flexibility index (Phi) is 5.77. The smallest absolute Gasteiger partial charge is 0.262 e. The number of rotatable bonds is 7. The van der Waals surface area contributed by atoms with Crippen LogP contribution in [0.1, 0.15) is 18.4 Å². The van der Waals surface area contributed by atoms with Gasteiger partial charge in [-0.05, 0) is 18.1 Å². The summed E-state index contributed by atoms with van der Waals surface area (Å²) < 4.78 is 37.9. The number of likely N-dealkylation sites (tertiary alicyclic amines) is 2. The number of para-hydroxylation sites is 1. The summed E-state index contributed by atoms with van der Waals surface area (Å²) in [5.74, 6) is -1.83. The van der Waals surface area contributed by atoms with E-state index in [1.54, 1.807) is 12.0 Å². The van der Waals surface area contributed by atoms with E-state index in [0.717, 1.165) is 11.3 Å². The molecular formula is C19H26F2N2O3. The van der Waals surface area contributed by atoms with Crippen LogP contribution in [0.5, 0.6) is 5.75 Å². The first-order valence-corrected chi connectivity index (χ1v) is 8.95. The van der Waals surface area contributed by atoms with Crippen LogP contribution in [0.3, 0.4) is 0 Å². The largest absolute Gasteiger partial charge is 0.496 e. The molecule has 0 N–H and O–H groups in total. The fourth-order valence-electron chi connectivity index (χ4n) is 3.87. The molecule has 2 saturated heterocycles. The number of aryl methyl sites for hydroxylation is 1. The van der Waals surface area contributed by atoms with E-state index in [2.05, 4.69) is 0 Å². The number of methoxy groups -OCH3 is 2. The molecule has 2 aliphatic heterocycles. The fourth-order valence-corrected chi connectivity index (χ4v) is 3.87. The number of benzene rings is 1. The van der Waals surface area contributed by atoms with Crippen LogP contribution < -0.4 is 4.74 Å². The van der Waals surface area contributed by atoms with Gasteiger partial charge in [0.2, 0.25) is 5.91 Å². The molecule has 2 heterocycles. The maximum atomic E-state index is 13.7. The molecule has 0 spiro atoms. The van der Waals surface area contributed by atoms with E-state index in [-0.39, 0.29) is 31.0 Å². The first-order valence-electron chi connectivity index (χ1n) is 8.95. The topological polar surface area (TPSA) is 42.0 Å². The minimum Gasteiger partial charge on any atom is -0.496 e. The van der Waals surface area contributed by atoms with Gasteiger partial charge in [-0.3, -0.25) is 9.69 Å². The zero-order valence-corrected chi connectivity index (χ0v) is 15.3. The van der Waals surface area contributed by atoms with Gasteiger partial charge in [0.1, 0.15) is 5.75 Å². The fraction of sp³-hybridized carbons (Fsp3) is 0.632. The molecule has 0 aromatic heterocycles. The Hall–Kier alpha value is -1.73. The monoisotopic (exact) mass is 368 g/mol. The highest BCUT2D eigenvalue weighted by Gasteiger charge is 2.50. The molecule has 0 saturated carbocycles. The van der Waals surface area contributed by atoms with Crippen LogP contribution in [0, 0.1) is 0 Å². The van der Waals surface area contributed by atoms with Crippen molar-refractivity contribution < 1.29 is 23.0 Å². The molecule has 1 amide bonds. The number of carbonyl (C=O) groups is 1. The van der Waals surface area contributed by atoms with E-state index in [1.807, 2.05) is 29.2 Å². The number of ether oxygens (including phenoxy) is 2. The molecule has 0 bridgehead atoms. The summed E-state index contributed by atoms with van der Waals surface area (Å²) in [7, 11) is 3.14. The van der Waals surface area contributed by atoms with Crippen LogP contribution >= 0.6 is 0 Å². The summed E-state index contributed by atoms with van der Waals surface area (Å²) >= 11 is 0. The highest BCUT2D eigenvalue weighted by Crippen LogP contribution is 2.35. The van der Waals surface area contributed by atoms with E-state index < -0.39 is 5.92 Å². The third kappa shape index (κ3) is 4.15. The average Bonchev–Trinajstić information content (AvgIpc) is 2.86. The summed E-state index contributed by atoms with van der Waals surface area (Å²) in [6.45, 7) is 1.09. The number of hydrogen-bond acceptors (Lipinski definition) is 4. The van der Waals surface area contributed by atoms with E-state index in [9.17, 15) is 13.6 Å². The van der Waals surface area contributed by atoms with Crippen LogP contribution in [0.25, 0.3) is 0 Å². The Morgan fingerprint density at radius 3 is 2.69 bits per heavy atom. The maximum Gasteiger partial charge on any atom is 0.262 e. The Labute approximate surface area is 152 Å². The second kappa shape index (κ2) is 7.88. The lowest BCUT2D eigenvalue weighted by atomic mass is 10.0. The SMILES string of the molecule is COC[C@@H]1CC(F)(F)CN1C1CN(C(=O)CCc2ccccc2OC)C1.